The molecule has 0 unspecified atom stereocenters. The van der Waals surface area contributed by atoms with Crippen LogP contribution in [0.15, 0.2) is 18.2 Å². The standard InChI is InChI=1S/C11H18N2O2.ClH/c1-3-15-11-6-8(9(13)7-12)4-5-10(11)14-2;/h4-6,9H,3,7,12-13H2,1-2H3;1H/t9-;/m0./s1. The maximum atomic E-state index is 5.83. The SMILES string of the molecule is CCOc1cc([C@@H](N)CN)ccc1OC.Cl. The summed E-state index contributed by atoms with van der Waals surface area (Å²) in [5, 5.41) is 0. The zero-order chi connectivity index (χ0) is 11.3. The number of nitrogens with two attached hydrogens (primary N) is 2. The van der Waals surface area contributed by atoms with Crippen LogP contribution in [0.4, 0.5) is 0 Å². The maximum Gasteiger partial charge on any atom is 0.161 e. The van der Waals surface area contributed by atoms with Crippen molar-refractivity contribution in [3.8, 4) is 11.5 Å². The summed E-state index contributed by atoms with van der Waals surface area (Å²) in [5.41, 5.74) is 12.3. The molecule has 0 saturated carbocycles. The molecule has 1 aromatic rings. The minimum Gasteiger partial charge on any atom is -0.493 e. The zero-order valence-electron chi connectivity index (χ0n) is 9.60. The summed E-state index contributed by atoms with van der Waals surface area (Å²) in [6.07, 6.45) is 0. The molecule has 92 valence electrons. The molecule has 0 aromatic heterocycles. The van der Waals surface area contributed by atoms with Gasteiger partial charge in [-0.2, -0.15) is 0 Å². The van der Waals surface area contributed by atoms with Gasteiger partial charge in [0.25, 0.3) is 0 Å². The molecule has 0 heterocycles. The molecule has 4 nitrogen and oxygen atoms in total. The fourth-order valence-electron chi connectivity index (χ4n) is 1.33. The van der Waals surface area contributed by atoms with Crippen LogP contribution in [0.25, 0.3) is 0 Å². The van der Waals surface area contributed by atoms with E-state index in [1.54, 1.807) is 7.11 Å². The Kier molecular flexibility index (Phi) is 6.88. The van der Waals surface area contributed by atoms with E-state index in [4.69, 9.17) is 20.9 Å². The van der Waals surface area contributed by atoms with Crippen molar-refractivity contribution in [3.05, 3.63) is 23.8 Å². The highest BCUT2D eigenvalue weighted by molar-refractivity contribution is 5.85. The first-order valence-electron chi connectivity index (χ1n) is 4.99. The lowest BCUT2D eigenvalue weighted by Gasteiger charge is -2.14. The second-order valence-electron chi connectivity index (χ2n) is 3.19. The molecule has 0 saturated heterocycles. The van der Waals surface area contributed by atoms with Crippen LogP contribution in [-0.4, -0.2) is 20.3 Å². The fraction of sp³-hybridized carbons (Fsp3) is 0.455. The lowest BCUT2D eigenvalue weighted by atomic mass is 10.1. The number of halogens is 1. The molecule has 1 aromatic carbocycles. The number of rotatable bonds is 5. The highest BCUT2D eigenvalue weighted by atomic mass is 35.5. The normalized spacial score (nSPS) is 11.5. The summed E-state index contributed by atoms with van der Waals surface area (Å²) in [6, 6.07) is 5.46. The Morgan fingerprint density at radius 1 is 1.31 bits per heavy atom. The lowest BCUT2D eigenvalue weighted by Crippen LogP contribution is -2.20. The molecule has 1 atom stereocenters. The van der Waals surface area contributed by atoms with Crippen LogP contribution in [0.2, 0.25) is 0 Å². The quantitative estimate of drug-likeness (QED) is 0.826. The first-order chi connectivity index (χ1) is 7.22. The largest absolute Gasteiger partial charge is 0.493 e. The predicted octanol–water partition coefficient (Wildman–Crippen LogP) is 1.47. The van der Waals surface area contributed by atoms with E-state index in [2.05, 4.69) is 0 Å². The van der Waals surface area contributed by atoms with Gasteiger partial charge in [-0.3, -0.25) is 0 Å². The minimum atomic E-state index is -0.157. The van der Waals surface area contributed by atoms with Crippen LogP contribution in [0.5, 0.6) is 11.5 Å². The Labute approximate surface area is 102 Å². The van der Waals surface area contributed by atoms with Gasteiger partial charge in [-0.25, -0.2) is 0 Å². The zero-order valence-corrected chi connectivity index (χ0v) is 10.4. The molecule has 0 aliphatic rings. The molecule has 5 heteroatoms. The summed E-state index contributed by atoms with van der Waals surface area (Å²) in [7, 11) is 1.61. The summed E-state index contributed by atoms with van der Waals surface area (Å²) in [4.78, 5) is 0. The predicted molar refractivity (Wildman–Crippen MR) is 67.4 cm³/mol. The van der Waals surface area contributed by atoms with E-state index in [0.29, 0.717) is 24.7 Å². The topological polar surface area (TPSA) is 70.5 Å². The van der Waals surface area contributed by atoms with Gasteiger partial charge < -0.3 is 20.9 Å². The molecule has 0 amide bonds. The second kappa shape index (κ2) is 7.33. The van der Waals surface area contributed by atoms with Gasteiger partial charge in [0, 0.05) is 12.6 Å². The van der Waals surface area contributed by atoms with Gasteiger partial charge in [0.05, 0.1) is 13.7 Å². The van der Waals surface area contributed by atoms with Crippen molar-refractivity contribution in [3.63, 3.8) is 0 Å². The third-order valence-electron chi connectivity index (χ3n) is 2.17. The minimum absolute atomic E-state index is 0. The average Bonchev–Trinajstić information content (AvgIpc) is 2.28. The maximum absolute atomic E-state index is 5.83. The van der Waals surface area contributed by atoms with Gasteiger partial charge in [0.2, 0.25) is 0 Å². The smallest absolute Gasteiger partial charge is 0.161 e. The monoisotopic (exact) mass is 246 g/mol. The van der Waals surface area contributed by atoms with E-state index in [0.717, 1.165) is 5.56 Å². The van der Waals surface area contributed by atoms with Crippen molar-refractivity contribution in [2.45, 2.75) is 13.0 Å². The van der Waals surface area contributed by atoms with Crippen LogP contribution in [0, 0.1) is 0 Å². The van der Waals surface area contributed by atoms with Gasteiger partial charge in [-0.1, -0.05) is 6.07 Å². The molecule has 0 bridgehead atoms. The van der Waals surface area contributed by atoms with Gasteiger partial charge >= 0.3 is 0 Å². The van der Waals surface area contributed by atoms with Gasteiger partial charge in [-0.05, 0) is 24.6 Å². The van der Waals surface area contributed by atoms with Crippen LogP contribution in [-0.2, 0) is 0 Å². The Morgan fingerprint density at radius 3 is 2.50 bits per heavy atom. The Bertz CT molecular complexity index is 321. The van der Waals surface area contributed by atoms with Crippen LogP contribution < -0.4 is 20.9 Å². The van der Waals surface area contributed by atoms with Crippen LogP contribution in [0.1, 0.15) is 18.5 Å². The molecular formula is C11H19ClN2O2. The van der Waals surface area contributed by atoms with E-state index in [-0.39, 0.29) is 18.4 Å². The second-order valence-corrected chi connectivity index (χ2v) is 3.19. The summed E-state index contributed by atoms with van der Waals surface area (Å²) >= 11 is 0. The number of methoxy groups -OCH3 is 1. The molecular weight excluding hydrogens is 228 g/mol. The van der Waals surface area contributed by atoms with Crippen LogP contribution >= 0.6 is 12.4 Å². The van der Waals surface area contributed by atoms with Crippen molar-refractivity contribution in [2.75, 3.05) is 20.3 Å². The van der Waals surface area contributed by atoms with E-state index >= 15 is 0 Å². The third-order valence-corrected chi connectivity index (χ3v) is 2.17. The molecule has 4 N–H and O–H groups in total. The third kappa shape index (κ3) is 3.56. The Hall–Kier alpha value is -0.970. The van der Waals surface area contributed by atoms with E-state index < -0.39 is 0 Å². The van der Waals surface area contributed by atoms with Gasteiger partial charge in [0.1, 0.15) is 0 Å². The number of ether oxygens (including phenoxy) is 2. The van der Waals surface area contributed by atoms with E-state index in [1.165, 1.54) is 0 Å². The summed E-state index contributed by atoms with van der Waals surface area (Å²) in [5.74, 6) is 1.42. The van der Waals surface area contributed by atoms with Crippen molar-refractivity contribution in [2.24, 2.45) is 11.5 Å². The first-order valence-corrected chi connectivity index (χ1v) is 4.99. The molecule has 0 aliphatic carbocycles. The van der Waals surface area contributed by atoms with Gasteiger partial charge in [-0.15, -0.1) is 12.4 Å². The van der Waals surface area contributed by atoms with E-state index in [9.17, 15) is 0 Å². The molecule has 0 aliphatic heterocycles. The van der Waals surface area contributed by atoms with Crippen LogP contribution in [0.3, 0.4) is 0 Å². The van der Waals surface area contributed by atoms with Crippen molar-refractivity contribution >= 4 is 12.4 Å². The molecule has 0 radical (unpaired) electrons. The highest BCUT2D eigenvalue weighted by Gasteiger charge is 2.09. The summed E-state index contributed by atoms with van der Waals surface area (Å²) < 4.78 is 10.6. The van der Waals surface area contributed by atoms with Crippen molar-refractivity contribution < 1.29 is 9.47 Å². The number of benzene rings is 1. The number of hydrogen-bond donors (Lipinski definition) is 2. The van der Waals surface area contributed by atoms with Crippen molar-refractivity contribution in [1.29, 1.82) is 0 Å². The molecule has 1 rings (SSSR count). The van der Waals surface area contributed by atoms with Crippen molar-refractivity contribution in [1.82, 2.24) is 0 Å². The molecule has 0 fully saturated rings. The van der Waals surface area contributed by atoms with Gasteiger partial charge in [0.15, 0.2) is 11.5 Å². The number of hydrogen-bond acceptors (Lipinski definition) is 4. The average molecular weight is 247 g/mol. The van der Waals surface area contributed by atoms with E-state index in [1.807, 2.05) is 25.1 Å². The Balaban J connectivity index is 0.00000225. The Morgan fingerprint density at radius 2 is 2.00 bits per heavy atom. The highest BCUT2D eigenvalue weighted by Crippen LogP contribution is 2.29. The molecule has 0 spiro atoms. The fourth-order valence-corrected chi connectivity index (χ4v) is 1.33. The molecule has 16 heavy (non-hydrogen) atoms. The first kappa shape index (κ1) is 15.0. The summed E-state index contributed by atoms with van der Waals surface area (Å²) in [6.45, 7) is 2.94. The lowest BCUT2D eigenvalue weighted by molar-refractivity contribution is 0.310.